The summed E-state index contributed by atoms with van der Waals surface area (Å²) in [5.74, 6) is -0.638. The molecule has 0 N–H and O–H groups in total. The fourth-order valence-corrected chi connectivity index (χ4v) is 3.66. The first kappa shape index (κ1) is 18.2. The van der Waals surface area contributed by atoms with Crippen molar-refractivity contribution in [2.75, 3.05) is 0 Å². The van der Waals surface area contributed by atoms with Gasteiger partial charge in [-0.2, -0.15) is 8.78 Å². The fourth-order valence-electron chi connectivity index (χ4n) is 2.96. The number of alkyl halides is 2. The second kappa shape index (κ2) is 7.47. The van der Waals surface area contributed by atoms with Gasteiger partial charge in [0.15, 0.2) is 5.82 Å². The quantitative estimate of drug-likeness (QED) is 0.432. The number of thiophene rings is 1. The van der Waals surface area contributed by atoms with Gasteiger partial charge in [-0.1, -0.05) is 18.2 Å². The van der Waals surface area contributed by atoms with Crippen molar-refractivity contribution in [3.8, 4) is 10.6 Å². The van der Waals surface area contributed by atoms with Gasteiger partial charge in [0.25, 0.3) is 0 Å². The Balaban J connectivity index is 1.55. The summed E-state index contributed by atoms with van der Waals surface area (Å²) in [5, 5.41) is 1.95. The maximum absolute atomic E-state index is 13.5. The van der Waals surface area contributed by atoms with Gasteiger partial charge in [0.1, 0.15) is 6.61 Å². The number of carbonyl (C=O) groups excluding carboxylic acids is 1. The average Bonchev–Trinajstić information content (AvgIpc) is 3.33. The molecule has 0 fully saturated rings. The highest BCUT2D eigenvalue weighted by atomic mass is 32.1. The topological polar surface area (TPSA) is 57.0 Å². The summed E-state index contributed by atoms with van der Waals surface area (Å²) < 4.78 is 32.9. The molecule has 28 heavy (non-hydrogen) atoms. The third-order valence-corrected chi connectivity index (χ3v) is 5.17. The van der Waals surface area contributed by atoms with Crippen molar-refractivity contribution in [2.24, 2.45) is 0 Å². The van der Waals surface area contributed by atoms with Crippen LogP contribution in [0, 0.1) is 6.92 Å². The molecule has 0 aliphatic carbocycles. The summed E-state index contributed by atoms with van der Waals surface area (Å²) in [5.41, 5.74) is 2.29. The Morgan fingerprint density at radius 3 is 2.68 bits per heavy atom. The molecule has 0 aliphatic rings. The number of fused-ring (bicyclic) bond motifs is 1. The van der Waals surface area contributed by atoms with Gasteiger partial charge < -0.3 is 4.74 Å². The molecule has 0 amide bonds. The zero-order valence-electron chi connectivity index (χ0n) is 14.8. The molecule has 5 nitrogen and oxygen atoms in total. The van der Waals surface area contributed by atoms with Crippen LogP contribution in [0.5, 0.6) is 0 Å². The number of hydrogen-bond acceptors (Lipinski definition) is 5. The average molecular weight is 399 g/mol. The lowest BCUT2D eigenvalue weighted by atomic mass is 10.2. The van der Waals surface area contributed by atoms with Gasteiger partial charge >= 0.3 is 12.5 Å². The highest BCUT2D eigenvalue weighted by Gasteiger charge is 2.20. The number of halogens is 2. The van der Waals surface area contributed by atoms with Crippen molar-refractivity contribution in [2.45, 2.75) is 20.1 Å². The van der Waals surface area contributed by atoms with E-state index < -0.39 is 12.5 Å². The molecule has 0 bridgehead atoms. The number of esters is 1. The van der Waals surface area contributed by atoms with Crippen molar-refractivity contribution in [1.82, 2.24) is 14.5 Å². The van der Waals surface area contributed by atoms with E-state index >= 15 is 0 Å². The van der Waals surface area contributed by atoms with E-state index in [0.29, 0.717) is 22.3 Å². The number of pyridine rings is 1. The lowest BCUT2D eigenvalue weighted by molar-refractivity contribution is 0.0386. The van der Waals surface area contributed by atoms with E-state index in [-0.39, 0.29) is 12.4 Å². The maximum Gasteiger partial charge on any atom is 0.340 e. The van der Waals surface area contributed by atoms with Gasteiger partial charge in [-0.15, -0.1) is 11.3 Å². The van der Waals surface area contributed by atoms with Crippen molar-refractivity contribution < 1.29 is 18.3 Å². The molecule has 142 valence electrons. The predicted octanol–water partition coefficient (Wildman–Crippen LogP) is 5.22. The lowest BCUT2D eigenvalue weighted by Gasteiger charge is -2.10. The summed E-state index contributed by atoms with van der Waals surface area (Å²) in [7, 11) is 0. The summed E-state index contributed by atoms with van der Waals surface area (Å²) >= 11 is 1.55. The number of ether oxygens (including phenoxy) is 1. The normalized spacial score (nSPS) is 11.3. The van der Waals surface area contributed by atoms with E-state index in [1.165, 1.54) is 0 Å². The second-order valence-electron chi connectivity index (χ2n) is 6.05. The van der Waals surface area contributed by atoms with Crippen molar-refractivity contribution in [3.63, 3.8) is 0 Å². The van der Waals surface area contributed by atoms with E-state index in [1.54, 1.807) is 54.7 Å². The summed E-state index contributed by atoms with van der Waals surface area (Å²) in [4.78, 5) is 22.0. The summed E-state index contributed by atoms with van der Waals surface area (Å²) in [6.45, 7) is -1.43. The minimum Gasteiger partial charge on any atom is -0.454 e. The molecule has 1 aromatic carbocycles. The van der Waals surface area contributed by atoms with Crippen LogP contribution in [0.25, 0.3) is 21.6 Å². The Bertz CT molecular complexity index is 1140. The standard InChI is InChI=1S/C20H15F2N3O2S/c1-12-13(8-9-15(23-12)17-7-4-10-28-17)19(26)27-11-18-24-14-5-2-3-6-16(14)25(18)20(21)22/h2-10,20H,11H2,1H3. The van der Waals surface area contributed by atoms with Crippen LogP contribution in [-0.4, -0.2) is 20.5 Å². The third kappa shape index (κ3) is 3.38. The molecular formula is C20H15F2N3O2S. The fraction of sp³-hybridized carbons (Fsp3) is 0.150. The Morgan fingerprint density at radius 1 is 1.14 bits per heavy atom. The van der Waals surface area contributed by atoms with E-state index in [2.05, 4.69) is 9.97 Å². The Labute approximate surface area is 163 Å². The van der Waals surface area contributed by atoms with Crippen LogP contribution in [0.4, 0.5) is 8.78 Å². The molecular weight excluding hydrogens is 384 g/mol. The first-order valence-corrected chi connectivity index (χ1v) is 9.35. The number of rotatable bonds is 5. The monoisotopic (exact) mass is 399 g/mol. The molecule has 0 radical (unpaired) electrons. The van der Waals surface area contributed by atoms with Crippen molar-refractivity contribution in [1.29, 1.82) is 0 Å². The Hall–Kier alpha value is -3.13. The summed E-state index contributed by atoms with van der Waals surface area (Å²) in [6, 6.07) is 13.8. The van der Waals surface area contributed by atoms with E-state index in [0.717, 1.165) is 15.1 Å². The second-order valence-corrected chi connectivity index (χ2v) is 6.99. The molecule has 4 aromatic rings. The highest BCUT2D eigenvalue weighted by Crippen LogP contribution is 2.25. The van der Waals surface area contributed by atoms with Crippen LogP contribution in [0.2, 0.25) is 0 Å². The SMILES string of the molecule is Cc1nc(-c2cccs2)ccc1C(=O)OCc1nc2ccccc2n1C(F)F. The molecule has 0 saturated heterocycles. The minimum atomic E-state index is -2.78. The van der Waals surface area contributed by atoms with Crippen LogP contribution in [0.15, 0.2) is 53.9 Å². The van der Waals surface area contributed by atoms with Gasteiger partial charge in [-0.25, -0.2) is 9.78 Å². The zero-order valence-corrected chi connectivity index (χ0v) is 15.6. The molecule has 0 saturated carbocycles. The molecule has 3 aromatic heterocycles. The highest BCUT2D eigenvalue weighted by molar-refractivity contribution is 7.13. The molecule has 0 atom stereocenters. The number of aryl methyl sites for hydroxylation is 1. The van der Waals surface area contributed by atoms with Gasteiger partial charge in [0.05, 0.1) is 32.9 Å². The van der Waals surface area contributed by atoms with Gasteiger partial charge in [0, 0.05) is 0 Å². The minimum absolute atomic E-state index is 0.00892. The van der Waals surface area contributed by atoms with Gasteiger partial charge in [-0.3, -0.25) is 9.55 Å². The van der Waals surface area contributed by atoms with Crippen LogP contribution in [0.3, 0.4) is 0 Å². The zero-order chi connectivity index (χ0) is 19.7. The van der Waals surface area contributed by atoms with Crippen LogP contribution < -0.4 is 0 Å². The number of para-hydroxylation sites is 2. The number of aromatic nitrogens is 3. The first-order valence-electron chi connectivity index (χ1n) is 8.47. The van der Waals surface area contributed by atoms with E-state index in [9.17, 15) is 13.6 Å². The number of benzene rings is 1. The Kier molecular flexibility index (Phi) is 4.87. The smallest absolute Gasteiger partial charge is 0.340 e. The third-order valence-electron chi connectivity index (χ3n) is 4.28. The van der Waals surface area contributed by atoms with Crippen LogP contribution >= 0.6 is 11.3 Å². The van der Waals surface area contributed by atoms with Crippen LogP contribution in [-0.2, 0) is 11.3 Å². The maximum atomic E-state index is 13.5. The van der Waals surface area contributed by atoms with Gasteiger partial charge in [0.2, 0.25) is 0 Å². The largest absolute Gasteiger partial charge is 0.454 e. The number of nitrogens with zero attached hydrogens (tertiary/aromatic N) is 3. The van der Waals surface area contributed by atoms with Crippen LogP contribution in [0.1, 0.15) is 28.4 Å². The molecule has 4 rings (SSSR count). The predicted molar refractivity (Wildman–Crippen MR) is 102 cm³/mol. The molecule has 8 heteroatoms. The summed E-state index contributed by atoms with van der Waals surface area (Å²) in [6.07, 6.45) is 0. The molecule has 0 aliphatic heterocycles. The van der Waals surface area contributed by atoms with Gasteiger partial charge in [-0.05, 0) is 42.6 Å². The van der Waals surface area contributed by atoms with Crippen molar-refractivity contribution in [3.05, 3.63) is 71.0 Å². The number of imidazole rings is 1. The van der Waals surface area contributed by atoms with E-state index in [1.807, 2.05) is 17.5 Å². The lowest BCUT2D eigenvalue weighted by Crippen LogP contribution is -2.12. The molecule has 0 unspecified atom stereocenters. The molecule has 3 heterocycles. The van der Waals surface area contributed by atoms with E-state index in [4.69, 9.17) is 4.74 Å². The number of hydrogen-bond donors (Lipinski definition) is 0. The first-order chi connectivity index (χ1) is 13.5. The molecule has 0 spiro atoms. The number of carbonyl (C=O) groups is 1. The Morgan fingerprint density at radius 2 is 1.96 bits per heavy atom. The van der Waals surface area contributed by atoms with Crippen molar-refractivity contribution >= 4 is 28.3 Å².